The van der Waals surface area contributed by atoms with Crippen LogP contribution in [0.4, 0.5) is 0 Å². The van der Waals surface area contributed by atoms with Crippen LogP contribution >= 0.6 is 0 Å². The van der Waals surface area contributed by atoms with Crippen LogP contribution in [-0.2, 0) is 32.8 Å². The van der Waals surface area contributed by atoms with E-state index in [1.807, 2.05) is 58.0 Å². The van der Waals surface area contributed by atoms with E-state index >= 15 is 0 Å². The highest BCUT2D eigenvalue weighted by Crippen LogP contribution is 2.46. The van der Waals surface area contributed by atoms with Crippen LogP contribution in [0.5, 0.6) is 46.0 Å². The van der Waals surface area contributed by atoms with Crippen LogP contribution in [0.3, 0.4) is 0 Å². The number of rotatable bonds is 11. The van der Waals surface area contributed by atoms with Crippen LogP contribution in [0, 0.1) is 47.8 Å². The van der Waals surface area contributed by atoms with Gasteiger partial charge in [-0.05, 0) is 125 Å². The van der Waals surface area contributed by atoms with E-state index in [0.717, 1.165) is 22.3 Å². The number of aryl methyl sites for hydroxylation is 2. The number of hydrogen-bond donors (Lipinski definition) is 1. The van der Waals surface area contributed by atoms with Crippen molar-refractivity contribution >= 4 is 10.1 Å². The predicted molar refractivity (Wildman–Crippen MR) is 251 cm³/mol. The van der Waals surface area contributed by atoms with Crippen molar-refractivity contribution in [2.45, 2.75) is 104 Å². The van der Waals surface area contributed by atoms with E-state index in [4.69, 9.17) is 18.9 Å². The van der Waals surface area contributed by atoms with Crippen molar-refractivity contribution in [3.63, 3.8) is 0 Å². The highest BCUT2D eigenvalue weighted by molar-refractivity contribution is 7.85. The Bertz CT molecular complexity index is 3060. The van der Waals surface area contributed by atoms with E-state index in [9.17, 15) is 28.8 Å². The fourth-order valence-corrected chi connectivity index (χ4v) is 8.16. The molecule has 0 spiro atoms. The number of nitrogens with zero attached hydrogens (tertiary/aromatic N) is 3. The molecule has 0 aromatic heterocycles. The molecular formula is C54H53N3O7S. The predicted octanol–water partition coefficient (Wildman–Crippen LogP) is 13.8. The SMILES string of the molecule is Cc1cc(Cc2cccc(Oc3ccc(Oc4cccc(Oc5cc(C(C)(C)C)c(Oc6cccc(C)c6C#N)cc5C(C)(C)C)c4C#N)c(C(C)(C)C)c3)c2C#N)cc(S(=O)(=O)O)c1. The highest BCUT2D eigenvalue weighted by Gasteiger charge is 2.29. The lowest BCUT2D eigenvalue weighted by Gasteiger charge is -2.29. The highest BCUT2D eigenvalue weighted by atomic mass is 32.2. The maximum Gasteiger partial charge on any atom is 0.294 e. The van der Waals surface area contributed by atoms with Crippen LogP contribution in [-0.4, -0.2) is 13.0 Å². The lowest BCUT2D eigenvalue weighted by molar-refractivity contribution is 0.421. The normalized spacial score (nSPS) is 11.8. The van der Waals surface area contributed by atoms with Gasteiger partial charge in [0.05, 0.1) is 16.0 Å². The summed E-state index contributed by atoms with van der Waals surface area (Å²) < 4.78 is 59.7. The first-order valence-corrected chi connectivity index (χ1v) is 22.5. The van der Waals surface area contributed by atoms with Crippen molar-refractivity contribution in [2.75, 3.05) is 0 Å². The third-order valence-corrected chi connectivity index (χ3v) is 11.6. The quantitative estimate of drug-likeness (QED) is 0.124. The van der Waals surface area contributed by atoms with Crippen LogP contribution < -0.4 is 18.9 Å². The molecule has 0 aliphatic heterocycles. The average molecular weight is 888 g/mol. The van der Waals surface area contributed by atoms with E-state index in [1.54, 1.807) is 67.6 Å². The standard InChI is InChI=1S/C54H53N3O7S/c1-33-23-35(26-38(24-33)65(58,59)60)25-36-16-13-18-46(40(36)31-56)61-37-21-22-49(42(27-37)52(3,4)5)62-47-19-14-20-48(41(47)32-57)64-51-29-43(53(6,7)8)50(28-44(51)54(9,10)11)63-45-17-12-15-34(2)39(45)30-55/h12-24,26-29H,25H2,1-11H3,(H,58,59,60). The monoisotopic (exact) mass is 887 g/mol. The molecule has 0 bridgehead atoms. The Balaban J connectivity index is 1.34. The summed E-state index contributed by atoms with van der Waals surface area (Å²) in [6.07, 6.45) is 0.224. The van der Waals surface area contributed by atoms with Crippen LogP contribution in [0.15, 0.2) is 108 Å². The minimum atomic E-state index is -4.42. The van der Waals surface area contributed by atoms with Gasteiger partial charge in [0.1, 0.15) is 69.8 Å². The molecule has 0 heterocycles. The van der Waals surface area contributed by atoms with Gasteiger partial charge in [-0.15, -0.1) is 0 Å². The van der Waals surface area contributed by atoms with E-state index in [0.29, 0.717) is 62.5 Å². The molecule has 6 rings (SSSR count). The van der Waals surface area contributed by atoms with Crippen molar-refractivity contribution in [3.05, 3.63) is 159 Å². The molecular weight excluding hydrogens is 835 g/mol. The molecule has 1 N–H and O–H groups in total. The zero-order chi connectivity index (χ0) is 47.6. The maximum atomic E-state index is 11.9. The van der Waals surface area contributed by atoms with Gasteiger partial charge in [-0.1, -0.05) is 98.7 Å². The number of nitriles is 3. The summed E-state index contributed by atoms with van der Waals surface area (Å²) in [5, 5.41) is 30.9. The molecule has 11 heteroatoms. The smallest absolute Gasteiger partial charge is 0.294 e. The summed E-state index contributed by atoms with van der Waals surface area (Å²) in [7, 11) is -4.42. The Morgan fingerprint density at radius 3 is 1.48 bits per heavy atom. The van der Waals surface area contributed by atoms with Gasteiger partial charge in [-0.2, -0.15) is 24.2 Å². The van der Waals surface area contributed by atoms with Crippen molar-refractivity contribution < 1.29 is 31.9 Å². The number of ether oxygens (including phenoxy) is 4. The molecule has 0 unspecified atom stereocenters. The van der Waals surface area contributed by atoms with E-state index in [1.165, 1.54) is 12.1 Å². The molecule has 6 aromatic carbocycles. The second-order valence-electron chi connectivity index (χ2n) is 19.2. The van der Waals surface area contributed by atoms with E-state index in [2.05, 4.69) is 59.8 Å². The molecule has 332 valence electrons. The zero-order valence-corrected chi connectivity index (χ0v) is 39.5. The number of hydrogen-bond acceptors (Lipinski definition) is 9. The Morgan fingerprint density at radius 1 is 0.508 bits per heavy atom. The van der Waals surface area contributed by atoms with Crippen molar-refractivity contribution in [2.24, 2.45) is 0 Å². The zero-order valence-electron chi connectivity index (χ0n) is 38.7. The molecule has 0 radical (unpaired) electrons. The minimum absolute atomic E-state index is 0.191. The molecule has 6 aromatic rings. The first-order valence-electron chi connectivity index (χ1n) is 21.1. The van der Waals surface area contributed by atoms with E-state index < -0.39 is 26.4 Å². The fraction of sp³-hybridized carbons (Fsp3) is 0.278. The molecule has 0 saturated heterocycles. The largest absolute Gasteiger partial charge is 0.456 e. The average Bonchev–Trinajstić information content (AvgIpc) is 3.20. The third kappa shape index (κ3) is 10.8. The lowest BCUT2D eigenvalue weighted by Crippen LogP contribution is -2.17. The lowest BCUT2D eigenvalue weighted by atomic mass is 9.80. The van der Waals surface area contributed by atoms with Crippen LogP contribution in [0.25, 0.3) is 0 Å². The summed E-state index contributed by atoms with van der Waals surface area (Å²) >= 11 is 0. The summed E-state index contributed by atoms with van der Waals surface area (Å²) in [6, 6.07) is 36.7. The van der Waals surface area contributed by atoms with Gasteiger partial charge in [0.25, 0.3) is 10.1 Å². The van der Waals surface area contributed by atoms with Gasteiger partial charge < -0.3 is 18.9 Å². The molecule has 65 heavy (non-hydrogen) atoms. The summed E-state index contributed by atoms with van der Waals surface area (Å²) in [5.74, 6) is 3.45. The molecule has 10 nitrogen and oxygen atoms in total. The summed E-state index contributed by atoms with van der Waals surface area (Å²) in [4.78, 5) is -0.215. The van der Waals surface area contributed by atoms with Gasteiger partial charge in [0.2, 0.25) is 0 Å². The topological polar surface area (TPSA) is 163 Å². The van der Waals surface area contributed by atoms with Gasteiger partial charge in [-0.3, -0.25) is 4.55 Å². The maximum absolute atomic E-state index is 11.9. The van der Waals surface area contributed by atoms with Gasteiger partial charge in [-0.25, -0.2) is 0 Å². The van der Waals surface area contributed by atoms with Crippen LogP contribution in [0.2, 0.25) is 0 Å². The summed E-state index contributed by atoms with van der Waals surface area (Å²) in [6.45, 7) is 22.2. The Kier molecular flexibility index (Phi) is 13.3. The first kappa shape index (κ1) is 47.4. The Hall–Kier alpha value is -7.10. The fourth-order valence-electron chi connectivity index (χ4n) is 7.52. The first-order chi connectivity index (χ1) is 30.4. The molecule has 0 atom stereocenters. The molecule has 0 aliphatic rings. The Labute approximate surface area is 383 Å². The molecule has 0 fully saturated rings. The van der Waals surface area contributed by atoms with Gasteiger partial charge in [0, 0.05) is 16.7 Å². The number of benzene rings is 6. The third-order valence-electron chi connectivity index (χ3n) is 10.8. The van der Waals surface area contributed by atoms with Crippen molar-refractivity contribution in [3.8, 4) is 64.2 Å². The molecule has 0 aliphatic carbocycles. The Morgan fingerprint density at radius 2 is 0.969 bits per heavy atom. The summed E-state index contributed by atoms with van der Waals surface area (Å²) in [5.41, 5.74) is 4.79. The second-order valence-corrected chi connectivity index (χ2v) is 20.6. The van der Waals surface area contributed by atoms with Crippen LogP contribution in [0.1, 0.15) is 118 Å². The van der Waals surface area contributed by atoms with Gasteiger partial charge >= 0.3 is 0 Å². The second kappa shape index (κ2) is 18.2. The van der Waals surface area contributed by atoms with Crippen molar-refractivity contribution in [1.82, 2.24) is 0 Å². The molecule has 0 amide bonds. The molecule has 0 saturated carbocycles. The minimum Gasteiger partial charge on any atom is -0.456 e. The van der Waals surface area contributed by atoms with E-state index in [-0.39, 0.29) is 28.2 Å². The van der Waals surface area contributed by atoms with Gasteiger partial charge in [0.15, 0.2) is 0 Å². The van der Waals surface area contributed by atoms with Crippen molar-refractivity contribution in [1.29, 1.82) is 15.8 Å².